The van der Waals surface area contributed by atoms with Crippen LogP contribution in [0.4, 0.5) is 10.5 Å². The molecule has 0 aromatic heterocycles. The van der Waals surface area contributed by atoms with Crippen LogP contribution in [0.25, 0.3) is 0 Å². The van der Waals surface area contributed by atoms with E-state index in [0.29, 0.717) is 40.3 Å². The van der Waals surface area contributed by atoms with Gasteiger partial charge in [-0.3, -0.25) is 0 Å². The standard InChI is InChI=1S/C28H32Cl2N4O2/c29-22-13-23(30)15-24(14-22)32-27(36)34(9-2-8-33-10-6-26(35)18-33)25-5-7-28(16-21(28)12-25)20-4-1-3-19(11-20)17-31/h1,3-4,11,13-15,21,25-26,35H,2,5-10,12,16,18H2,(H,32,36)/t21?,25-,26-,28-/m1/s1. The highest BCUT2D eigenvalue weighted by Crippen LogP contribution is 2.62. The lowest BCUT2D eigenvalue weighted by molar-refractivity contribution is 0.151. The van der Waals surface area contributed by atoms with Crippen LogP contribution in [0.5, 0.6) is 0 Å². The number of carbonyl (C=O) groups excluding carboxylic acids is 1. The van der Waals surface area contributed by atoms with Gasteiger partial charge in [0.05, 0.1) is 17.7 Å². The monoisotopic (exact) mass is 526 g/mol. The molecule has 190 valence electrons. The van der Waals surface area contributed by atoms with Gasteiger partial charge >= 0.3 is 6.03 Å². The molecule has 3 fully saturated rings. The molecule has 0 radical (unpaired) electrons. The summed E-state index contributed by atoms with van der Waals surface area (Å²) in [7, 11) is 0. The van der Waals surface area contributed by atoms with Gasteiger partial charge < -0.3 is 20.2 Å². The number of likely N-dealkylation sites (tertiary alicyclic amines) is 1. The van der Waals surface area contributed by atoms with E-state index in [1.54, 1.807) is 18.2 Å². The number of β-amino-alcohol motifs (C(OH)–C–C–N with tert-alkyl or cyclic N) is 1. The first-order valence-corrected chi connectivity index (χ1v) is 13.6. The maximum Gasteiger partial charge on any atom is 0.322 e. The number of nitriles is 1. The zero-order valence-electron chi connectivity index (χ0n) is 20.3. The molecule has 1 unspecified atom stereocenters. The Labute approximate surface area is 222 Å². The number of anilines is 1. The Morgan fingerprint density at radius 2 is 2.03 bits per heavy atom. The van der Waals surface area contributed by atoms with Crippen LogP contribution in [0.15, 0.2) is 42.5 Å². The molecule has 2 aromatic rings. The van der Waals surface area contributed by atoms with Crippen LogP contribution in [-0.2, 0) is 5.41 Å². The van der Waals surface area contributed by atoms with Crippen LogP contribution in [0.1, 0.15) is 49.7 Å². The highest BCUT2D eigenvalue weighted by molar-refractivity contribution is 6.35. The van der Waals surface area contributed by atoms with Crippen molar-refractivity contribution < 1.29 is 9.90 Å². The average Bonchev–Trinajstić information content (AvgIpc) is 3.46. The van der Waals surface area contributed by atoms with E-state index in [2.05, 4.69) is 22.4 Å². The number of nitrogens with zero attached hydrogens (tertiary/aromatic N) is 3. The number of urea groups is 1. The third kappa shape index (κ3) is 5.50. The van der Waals surface area contributed by atoms with Crippen LogP contribution in [0.2, 0.25) is 10.0 Å². The molecule has 1 saturated heterocycles. The van der Waals surface area contributed by atoms with E-state index >= 15 is 0 Å². The molecule has 1 heterocycles. The van der Waals surface area contributed by atoms with Crippen molar-refractivity contribution >= 4 is 34.9 Å². The van der Waals surface area contributed by atoms with Gasteiger partial charge in [-0.05, 0) is 92.3 Å². The smallest absolute Gasteiger partial charge is 0.322 e. The van der Waals surface area contributed by atoms with Crippen molar-refractivity contribution in [2.24, 2.45) is 5.92 Å². The van der Waals surface area contributed by atoms with Gasteiger partial charge in [0, 0.05) is 41.4 Å². The predicted octanol–water partition coefficient (Wildman–Crippen LogP) is 5.67. The summed E-state index contributed by atoms with van der Waals surface area (Å²) in [5.41, 5.74) is 2.72. The average molecular weight is 527 g/mol. The number of benzene rings is 2. The van der Waals surface area contributed by atoms with Crippen molar-refractivity contribution in [1.82, 2.24) is 9.80 Å². The number of aliphatic hydroxyl groups excluding tert-OH is 1. The summed E-state index contributed by atoms with van der Waals surface area (Å²) in [4.78, 5) is 17.8. The first-order chi connectivity index (χ1) is 17.4. The molecule has 0 spiro atoms. The highest BCUT2D eigenvalue weighted by atomic mass is 35.5. The fourth-order valence-corrected chi connectivity index (χ4v) is 6.82. The number of nitrogens with one attached hydrogen (secondary N) is 1. The second kappa shape index (κ2) is 10.6. The number of halogens is 2. The minimum atomic E-state index is -0.238. The molecule has 2 aromatic carbocycles. The molecular weight excluding hydrogens is 495 g/mol. The summed E-state index contributed by atoms with van der Waals surface area (Å²) in [6, 6.07) is 15.4. The van der Waals surface area contributed by atoms with Gasteiger partial charge in [-0.2, -0.15) is 5.26 Å². The number of hydrogen-bond acceptors (Lipinski definition) is 4. The number of amides is 2. The molecule has 2 amide bonds. The van der Waals surface area contributed by atoms with E-state index in [1.807, 2.05) is 23.1 Å². The lowest BCUT2D eigenvalue weighted by atomic mass is 9.80. The summed E-state index contributed by atoms with van der Waals surface area (Å²) >= 11 is 12.3. The molecule has 2 N–H and O–H groups in total. The number of rotatable bonds is 7. The first kappa shape index (κ1) is 25.4. The largest absolute Gasteiger partial charge is 0.392 e. The molecule has 3 aliphatic rings. The van der Waals surface area contributed by atoms with E-state index in [4.69, 9.17) is 23.2 Å². The number of carbonyl (C=O) groups is 1. The topological polar surface area (TPSA) is 79.6 Å². The Bertz CT molecular complexity index is 1150. The van der Waals surface area contributed by atoms with Gasteiger partial charge in [-0.15, -0.1) is 0 Å². The van der Waals surface area contributed by atoms with Gasteiger partial charge in [-0.25, -0.2) is 4.79 Å². The van der Waals surface area contributed by atoms with Crippen molar-refractivity contribution in [3.8, 4) is 6.07 Å². The normalized spacial score (nSPS) is 27.2. The second-order valence-electron chi connectivity index (χ2n) is 10.6. The summed E-state index contributed by atoms with van der Waals surface area (Å²) < 4.78 is 0. The molecule has 2 saturated carbocycles. The minimum absolute atomic E-state index is 0.126. The summed E-state index contributed by atoms with van der Waals surface area (Å²) in [6.07, 6.45) is 5.46. The van der Waals surface area contributed by atoms with Crippen molar-refractivity contribution in [3.63, 3.8) is 0 Å². The SMILES string of the molecule is N#Cc1cccc([C@]23CC[C@@H](N(CCCN4CC[C@@H](O)C4)C(=O)Nc4cc(Cl)cc(Cl)c4)CC2C3)c1. The Balaban J connectivity index is 1.27. The van der Waals surface area contributed by atoms with Crippen LogP contribution < -0.4 is 5.32 Å². The van der Waals surface area contributed by atoms with E-state index in [0.717, 1.165) is 51.6 Å². The van der Waals surface area contributed by atoms with Crippen molar-refractivity contribution in [3.05, 3.63) is 63.6 Å². The van der Waals surface area contributed by atoms with Gasteiger partial charge in [0.15, 0.2) is 0 Å². The fraction of sp³-hybridized carbons (Fsp3) is 0.500. The zero-order chi connectivity index (χ0) is 25.3. The Hall–Kier alpha value is -2.30. The molecule has 1 aliphatic heterocycles. The molecule has 2 aliphatic carbocycles. The quantitative estimate of drug-likeness (QED) is 0.487. The number of fused-ring (bicyclic) bond motifs is 1. The number of aliphatic hydroxyl groups is 1. The molecular formula is C28H32Cl2N4O2. The van der Waals surface area contributed by atoms with E-state index in [9.17, 15) is 15.2 Å². The molecule has 0 bridgehead atoms. The molecule has 8 heteroatoms. The molecule has 5 rings (SSSR count). The zero-order valence-corrected chi connectivity index (χ0v) is 21.8. The second-order valence-corrected chi connectivity index (χ2v) is 11.4. The molecule has 4 atom stereocenters. The third-order valence-corrected chi connectivity index (χ3v) is 8.65. The summed E-state index contributed by atoms with van der Waals surface area (Å²) in [5.74, 6) is 0.523. The van der Waals surface area contributed by atoms with E-state index in [1.165, 1.54) is 5.56 Å². The van der Waals surface area contributed by atoms with E-state index < -0.39 is 0 Å². The minimum Gasteiger partial charge on any atom is -0.392 e. The van der Waals surface area contributed by atoms with Gasteiger partial charge in [0.1, 0.15) is 0 Å². The maximum atomic E-state index is 13.5. The van der Waals surface area contributed by atoms with Crippen LogP contribution in [-0.4, -0.2) is 59.3 Å². The van der Waals surface area contributed by atoms with Gasteiger partial charge in [0.2, 0.25) is 0 Å². The Morgan fingerprint density at radius 1 is 1.22 bits per heavy atom. The predicted molar refractivity (Wildman–Crippen MR) is 142 cm³/mol. The molecule has 36 heavy (non-hydrogen) atoms. The van der Waals surface area contributed by atoms with Crippen LogP contribution in [0.3, 0.4) is 0 Å². The van der Waals surface area contributed by atoms with Gasteiger partial charge in [0.25, 0.3) is 0 Å². The maximum absolute atomic E-state index is 13.5. The van der Waals surface area contributed by atoms with Crippen molar-refractivity contribution in [1.29, 1.82) is 5.26 Å². The Morgan fingerprint density at radius 3 is 2.72 bits per heavy atom. The highest BCUT2D eigenvalue weighted by Gasteiger charge is 2.58. The summed E-state index contributed by atoms with van der Waals surface area (Å²) in [5, 5.41) is 23.2. The third-order valence-electron chi connectivity index (χ3n) is 8.22. The van der Waals surface area contributed by atoms with Gasteiger partial charge in [-0.1, -0.05) is 35.3 Å². The van der Waals surface area contributed by atoms with E-state index in [-0.39, 0.29) is 23.6 Å². The summed E-state index contributed by atoms with van der Waals surface area (Å²) in [6.45, 7) is 3.14. The molecule has 6 nitrogen and oxygen atoms in total. The Kier molecular flexibility index (Phi) is 7.46. The number of hydrogen-bond donors (Lipinski definition) is 2. The lowest BCUT2D eigenvalue weighted by Gasteiger charge is -2.37. The van der Waals surface area contributed by atoms with Crippen molar-refractivity contribution in [2.75, 3.05) is 31.5 Å². The van der Waals surface area contributed by atoms with Crippen LogP contribution >= 0.6 is 23.2 Å². The lowest BCUT2D eigenvalue weighted by Crippen LogP contribution is -2.46. The van der Waals surface area contributed by atoms with Crippen molar-refractivity contribution in [2.45, 2.75) is 56.1 Å². The first-order valence-electron chi connectivity index (χ1n) is 12.8. The fourth-order valence-electron chi connectivity index (χ4n) is 6.30. The van der Waals surface area contributed by atoms with Crippen LogP contribution in [0, 0.1) is 17.2 Å².